The fourth-order valence-electron chi connectivity index (χ4n) is 2.62. The maximum atomic E-state index is 13.0. The molecule has 1 atom stereocenters. The number of thiazole rings is 1. The summed E-state index contributed by atoms with van der Waals surface area (Å²) in [4.78, 5) is 8.64. The van der Waals surface area contributed by atoms with Crippen molar-refractivity contribution in [1.29, 1.82) is 0 Å². The number of hydrogen-bond acceptors (Lipinski definition) is 5. The summed E-state index contributed by atoms with van der Waals surface area (Å²) in [7, 11) is 0. The molecule has 0 radical (unpaired) electrons. The third-order valence-corrected chi connectivity index (χ3v) is 4.59. The van der Waals surface area contributed by atoms with Crippen molar-refractivity contribution in [2.45, 2.75) is 53.0 Å². The summed E-state index contributed by atoms with van der Waals surface area (Å²) in [6, 6.07) is 1.49. The largest absolute Gasteiger partial charge is 0.573 e. The van der Waals surface area contributed by atoms with Gasteiger partial charge in [0.15, 0.2) is 5.75 Å². The van der Waals surface area contributed by atoms with Crippen molar-refractivity contribution in [1.82, 2.24) is 4.98 Å². The SMILES string of the molecule is CCC/C(C)=N\c1c(C)c(-c2nccs2)cc(C(C)O)c1OC(F)(F)F. The summed E-state index contributed by atoms with van der Waals surface area (Å²) in [5.41, 5.74) is 1.96. The summed E-state index contributed by atoms with van der Waals surface area (Å²) in [6.45, 7) is 6.81. The van der Waals surface area contributed by atoms with Crippen LogP contribution in [0.1, 0.15) is 50.8 Å². The van der Waals surface area contributed by atoms with E-state index in [9.17, 15) is 18.3 Å². The molecule has 2 rings (SSSR count). The molecule has 0 fully saturated rings. The van der Waals surface area contributed by atoms with Gasteiger partial charge in [0.2, 0.25) is 0 Å². The lowest BCUT2D eigenvalue weighted by molar-refractivity contribution is -0.274. The number of rotatable bonds is 6. The zero-order chi connectivity index (χ0) is 19.5. The topological polar surface area (TPSA) is 54.7 Å². The first-order chi connectivity index (χ1) is 12.1. The van der Waals surface area contributed by atoms with Gasteiger partial charge in [0.25, 0.3) is 0 Å². The average Bonchev–Trinajstić information content (AvgIpc) is 3.03. The van der Waals surface area contributed by atoms with Crippen molar-refractivity contribution in [3.63, 3.8) is 0 Å². The highest BCUT2D eigenvalue weighted by atomic mass is 32.1. The van der Waals surface area contributed by atoms with Crippen LogP contribution in [0.5, 0.6) is 5.75 Å². The van der Waals surface area contributed by atoms with Gasteiger partial charge in [0, 0.05) is 28.4 Å². The van der Waals surface area contributed by atoms with E-state index < -0.39 is 18.2 Å². The minimum Gasteiger partial charge on any atom is -0.403 e. The van der Waals surface area contributed by atoms with Gasteiger partial charge in [-0.25, -0.2) is 4.98 Å². The fourth-order valence-corrected chi connectivity index (χ4v) is 3.33. The van der Waals surface area contributed by atoms with Crippen LogP contribution in [0.3, 0.4) is 0 Å². The first-order valence-corrected chi connectivity index (χ1v) is 9.07. The van der Waals surface area contributed by atoms with Crippen molar-refractivity contribution < 1.29 is 23.0 Å². The van der Waals surface area contributed by atoms with Gasteiger partial charge in [0.05, 0.1) is 6.10 Å². The smallest absolute Gasteiger partial charge is 0.403 e. The Morgan fingerprint density at radius 2 is 2.12 bits per heavy atom. The van der Waals surface area contributed by atoms with E-state index in [1.807, 2.05) is 6.92 Å². The van der Waals surface area contributed by atoms with E-state index >= 15 is 0 Å². The molecule has 142 valence electrons. The number of benzene rings is 1. The second kappa shape index (κ2) is 8.18. The number of aliphatic hydroxyl groups is 1. The Balaban J connectivity index is 2.79. The zero-order valence-electron chi connectivity index (χ0n) is 15.0. The lowest BCUT2D eigenvalue weighted by Crippen LogP contribution is -2.19. The average molecular weight is 386 g/mol. The van der Waals surface area contributed by atoms with Crippen LogP contribution >= 0.6 is 11.3 Å². The minimum absolute atomic E-state index is 0.0289. The minimum atomic E-state index is -4.89. The molecule has 0 aliphatic carbocycles. The van der Waals surface area contributed by atoms with Gasteiger partial charge >= 0.3 is 6.36 Å². The summed E-state index contributed by atoms with van der Waals surface area (Å²) in [5, 5.41) is 12.5. The van der Waals surface area contributed by atoms with Gasteiger partial charge in [-0.1, -0.05) is 13.3 Å². The maximum Gasteiger partial charge on any atom is 0.573 e. The molecule has 0 saturated carbocycles. The standard InChI is InChI=1S/C18H21F3N2O2S/c1-5-6-10(2)23-15-11(3)13(17-22-7-8-26-17)9-14(12(4)24)16(15)25-18(19,20)21/h7-9,12,24H,5-6H2,1-4H3/b23-10-. The Hall–Kier alpha value is -1.93. The number of alkyl halides is 3. The van der Waals surface area contributed by atoms with Crippen LogP contribution in [-0.2, 0) is 0 Å². The first kappa shape index (κ1) is 20.4. The fraction of sp³-hybridized carbons (Fsp3) is 0.444. The number of aliphatic imine (C=N–C) groups is 1. The van der Waals surface area contributed by atoms with Crippen molar-refractivity contribution in [2.24, 2.45) is 4.99 Å². The summed E-state index contributed by atoms with van der Waals surface area (Å²) >= 11 is 1.36. The monoisotopic (exact) mass is 386 g/mol. The van der Waals surface area contributed by atoms with Gasteiger partial charge in [-0.15, -0.1) is 24.5 Å². The second-order valence-corrected chi connectivity index (χ2v) is 6.87. The lowest BCUT2D eigenvalue weighted by atomic mass is 9.98. The van der Waals surface area contributed by atoms with Crippen LogP contribution in [0.25, 0.3) is 10.6 Å². The molecule has 0 aliphatic rings. The van der Waals surface area contributed by atoms with Gasteiger partial charge in [-0.2, -0.15) is 0 Å². The molecule has 1 unspecified atom stereocenters. The Labute approximate surface area is 154 Å². The third-order valence-electron chi connectivity index (χ3n) is 3.78. The van der Waals surface area contributed by atoms with Gasteiger partial charge < -0.3 is 9.84 Å². The molecule has 1 heterocycles. The zero-order valence-corrected chi connectivity index (χ0v) is 15.8. The number of halogens is 3. The van der Waals surface area contributed by atoms with Crippen LogP contribution in [0, 0.1) is 6.92 Å². The molecule has 8 heteroatoms. The van der Waals surface area contributed by atoms with Crippen molar-refractivity contribution in [2.75, 3.05) is 0 Å². The van der Waals surface area contributed by atoms with Crippen LogP contribution in [-0.4, -0.2) is 22.2 Å². The molecule has 1 aromatic carbocycles. The van der Waals surface area contributed by atoms with Crippen molar-refractivity contribution >= 4 is 22.7 Å². The molecule has 0 aliphatic heterocycles. The second-order valence-electron chi connectivity index (χ2n) is 5.97. The maximum absolute atomic E-state index is 13.0. The van der Waals surface area contributed by atoms with Crippen molar-refractivity contribution in [3.05, 3.63) is 28.8 Å². The highest BCUT2D eigenvalue weighted by Crippen LogP contribution is 2.45. The normalized spacial score (nSPS) is 13.8. The van der Waals surface area contributed by atoms with Gasteiger partial charge in [-0.05, 0) is 38.8 Å². The summed E-state index contributed by atoms with van der Waals surface area (Å²) in [5.74, 6) is -0.458. The third kappa shape index (κ3) is 4.82. The number of ether oxygens (including phenoxy) is 1. The number of nitrogens with zero attached hydrogens (tertiary/aromatic N) is 2. The molecule has 26 heavy (non-hydrogen) atoms. The van der Waals surface area contributed by atoms with Crippen LogP contribution in [0.2, 0.25) is 0 Å². The van der Waals surface area contributed by atoms with Crippen LogP contribution in [0.4, 0.5) is 18.9 Å². The Morgan fingerprint density at radius 3 is 2.62 bits per heavy atom. The number of aliphatic hydroxyl groups excluding tert-OH is 1. The molecule has 0 bridgehead atoms. The Kier molecular flexibility index (Phi) is 6.41. The quantitative estimate of drug-likeness (QED) is 0.623. The Morgan fingerprint density at radius 1 is 1.42 bits per heavy atom. The molecule has 4 nitrogen and oxygen atoms in total. The van der Waals surface area contributed by atoms with E-state index in [2.05, 4.69) is 14.7 Å². The van der Waals surface area contributed by atoms with Crippen LogP contribution < -0.4 is 4.74 Å². The summed E-state index contributed by atoms with van der Waals surface area (Å²) in [6.07, 6.45) is -2.96. The molecule has 1 aromatic heterocycles. The molecule has 2 aromatic rings. The highest BCUT2D eigenvalue weighted by molar-refractivity contribution is 7.13. The van der Waals surface area contributed by atoms with E-state index in [4.69, 9.17) is 0 Å². The number of aromatic nitrogens is 1. The predicted molar refractivity (Wildman–Crippen MR) is 97.3 cm³/mol. The molecular weight excluding hydrogens is 365 g/mol. The molecule has 0 amide bonds. The first-order valence-electron chi connectivity index (χ1n) is 8.19. The highest BCUT2D eigenvalue weighted by Gasteiger charge is 2.35. The van der Waals surface area contributed by atoms with Crippen LogP contribution in [0.15, 0.2) is 22.6 Å². The molecule has 1 N–H and O–H groups in total. The Bertz CT molecular complexity index is 785. The van der Waals surface area contributed by atoms with Crippen molar-refractivity contribution in [3.8, 4) is 16.3 Å². The number of hydrogen-bond donors (Lipinski definition) is 1. The predicted octanol–water partition coefficient (Wildman–Crippen LogP) is 5.96. The van der Waals surface area contributed by atoms with E-state index in [-0.39, 0.29) is 11.3 Å². The van der Waals surface area contributed by atoms with E-state index in [0.717, 1.165) is 6.42 Å². The lowest BCUT2D eigenvalue weighted by Gasteiger charge is -2.21. The summed E-state index contributed by atoms with van der Waals surface area (Å²) < 4.78 is 43.3. The van der Waals surface area contributed by atoms with E-state index in [1.165, 1.54) is 24.3 Å². The van der Waals surface area contributed by atoms with E-state index in [0.29, 0.717) is 28.3 Å². The molecule has 0 spiro atoms. The molecule has 0 saturated heterocycles. The molecular formula is C18H21F3N2O2S. The van der Waals surface area contributed by atoms with E-state index in [1.54, 1.807) is 25.4 Å². The van der Waals surface area contributed by atoms with Gasteiger partial charge in [-0.3, -0.25) is 4.99 Å². The van der Waals surface area contributed by atoms with Gasteiger partial charge in [0.1, 0.15) is 10.7 Å².